The second-order valence-electron chi connectivity index (χ2n) is 7.28. The van der Waals surface area contributed by atoms with Gasteiger partial charge in [-0.2, -0.15) is 13.9 Å². The highest BCUT2D eigenvalue weighted by Crippen LogP contribution is 2.29. The fourth-order valence-corrected chi connectivity index (χ4v) is 2.58. The summed E-state index contributed by atoms with van der Waals surface area (Å²) in [5, 5.41) is 16.8. The first-order valence-corrected chi connectivity index (χ1v) is 8.97. The lowest BCUT2D eigenvalue weighted by Gasteiger charge is -2.16. The molecule has 30 heavy (non-hydrogen) atoms. The number of hydrogen-bond donors (Lipinski definition) is 4. The number of hydrogen-bond acceptors (Lipinski definition) is 3. The van der Waals surface area contributed by atoms with Crippen LogP contribution in [0, 0.1) is 12.7 Å². The van der Waals surface area contributed by atoms with Crippen LogP contribution in [0.25, 0.3) is 0 Å². The number of alkyl halides is 2. The molecule has 10 heteroatoms. The maximum atomic E-state index is 14.8. The molecule has 1 aromatic carbocycles. The van der Waals surface area contributed by atoms with Crippen LogP contribution in [0.1, 0.15) is 36.4 Å². The largest absolute Gasteiger partial charge is 0.386 e. The van der Waals surface area contributed by atoms with Crippen LogP contribution in [0.2, 0.25) is 0 Å². The van der Waals surface area contributed by atoms with Gasteiger partial charge in [0.05, 0.1) is 11.3 Å². The predicted octanol–water partition coefficient (Wildman–Crippen LogP) is 3.64. The van der Waals surface area contributed by atoms with E-state index in [9.17, 15) is 18.3 Å². The molecule has 0 bridgehead atoms. The normalized spacial score (nSPS) is 13.7. The summed E-state index contributed by atoms with van der Waals surface area (Å²) in [4.78, 5) is 10.9. The van der Waals surface area contributed by atoms with Crippen LogP contribution in [0.5, 0.6) is 0 Å². The molecule has 0 saturated heterocycles. The number of aryl methyl sites for hydroxylation is 1. The Balaban J connectivity index is 2.06. The third-order valence-corrected chi connectivity index (χ3v) is 4.30. The fourth-order valence-electron chi connectivity index (χ4n) is 2.58. The lowest BCUT2D eigenvalue weighted by Crippen LogP contribution is -2.34. The van der Waals surface area contributed by atoms with Gasteiger partial charge in [0.15, 0.2) is 17.5 Å². The van der Waals surface area contributed by atoms with Gasteiger partial charge in [-0.15, -0.1) is 0 Å². The number of aliphatic hydroxyl groups is 1. The minimum Gasteiger partial charge on any atom is -0.386 e. The average molecular weight is 418 g/mol. The van der Waals surface area contributed by atoms with E-state index in [4.69, 9.17) is 5.73 Å². The van der Waals surface area contributed by atoms with Crippen molar-refractivity contribution in [3.8, 4) is 0 Å². The fraction of sp³-hybridized carbons (Fsp3) is 0.250. The van der Waals surface area contributed by atoms with Crippen molar-refractivity contribution in [1.29, 1.82) is 0 Å². The SMILES string of the molecule is Cc1cc(N=C(N=C(N)C(F)(F)c2ccc(F)cc2)c2cc(C(C)(C)O)c[nH]2)n[nH]1. The summed E-state index contributed by atoms with van der Waals surface area (Å²) in [6, 6.07) is 6.84. The van der Waals surface area contributed by atoms with E-state index < -0.39 is 28.7 Å². The zero-order chi connectivity index (χ0) is 22.1. The number of nitrogens with two attached hydrogens (primary N) is 1. The van der Waals surface area contributed by atoms with Crippen LogP contribution in [-0.2, 0) is 11.5 Å². The van der Waals surface area contributed by atoms with Gasteiger partial charge in [0.25, 0.3) is 0 Å². The average Bonchev–Trinajstić information content (AvgIpc) is 3.30. The van der Waals surface area contributed by atoms with Gasteiger partial charge in [-0.05, 0) is 51.1 Å². The van der Waals surface area contributed by atoms with Crippen molar-refractivity contribution in [3.63, 3.8) is 0 Å². The summed E-state index contributed by atoms with van der Waals surface area (Å²) < 4.78 is 42.7. The van der Waals surface area contributed by atoms with Crippen LogP contribution >= 0.6 is 0 Å². The van der Waals surface area contributed by atoms with Gasteiger partial charge in [0, 0.05) is 29.1 Å². The molecule has 5 N–H and O–H groups in total. The molecule has 0 amide bonds. The number of rotatable bonds is 5. The first-order chi connectivity index (χ1) is 14.0. The zero-order valence-corrected chi connectivity index (χ0v) is 16.5. The molecule has 0 aliphatic heterocycles. The van der Waals surface area contributed by atoms with Gasteiger partial charge < -0.3 is 15.8 Å². The Bertz CT molecular complexity index is 1090. The standard InChI is InChI=1S/C20H21F3N6O/c1-11-8-16(29-28-11)26-17(15-9-13(10-25-15)19(2,3)30)27-18(24)20(22,23)12-4-6-14(21)7-5-12/h4-10,25,30H,1-3H3,(H3,24,26,27,28,29). The monoisotopic (exact) mass is 418 g/mol. The number of benzene rings is 1. The summed E-state index contributed by atoms with van der Waals surface area (Å²) in [5.74, 6) is -5.28. The van der Waals surface area contributed by atoms with E-state index >= 15 is 0 Å². The van der Waals surface area contributed by atoms with Crippen molar-refractivity contribution in [2.45, 2.75) is 32.3 Å². The van der Waals surface area contributed by atoms with Crippen LogP contribution in [-0.4, -0.2) is 32.0 Å². The van der Waals surface area contributed by atoms with Crippen molar-refractivity contribution in [2.24, 2.45) is 15.7 Å². The van der Waals surface area contributed by atoms with Gasteiger partial charge in [0.1, 0.15) is 5.82 Å². The molecule has 3 rings (SSSR count). The molecule has 0 fully saturated rings. The molecule has 0 atom stereocenters. The minimum atomic E-state index is -3.67. The highest BCUT2D eigenvalue weighted by atomic mass is 19.3. The molecule has 0 saturated carbocycles. The summed E-state index contributed by atoms with van der Waals surface area (Å²) in [7, 11) is 0. The number of H-pyrrole nitrogens is 2. The van der Waals surface area contributed by atoms with Crippen LogP contribution in [0.3, 0.4) is 0 Å². The molecule has 2 heterocycles. The van der Waals surface area contributed by atoms with E-state index in [2.05, 4.69) is 25.2 Å². The highest BCUT2D eigenvalue weighted by Gasteiger charge is 2.37. The van der Waals surface area contributed by atoms with E-state index in [1.807, 2.05) is 0 Å². The molecule has 0 aliphatic carbocycles. The molecular formula is C20H21F3N6O. The van der Waals surface area contributed by atoms with Crippen LogP contribution in [0.15, 0.2) is 52.6 Å². The number of nitrogens with one attached hydrogen (secondary N) is 2. The lowest BCUT2D eigenvalue weighted by atomic mass is 10.0. The smallest absolute Gasteiger partial charge is 0.329 e. The number of amidine groups is 2. The number of aromatic amines is 2. The Kier molecular flexibility index (Phi) is 5.53. The van der Waals surface area contributed by atoms with E-state index in [1.54, 1.807) is 26.8 Å². The van der Waals surface area contributed by atoms with Gasteiger partial charge in [0.2, 0.25) is 0 Å². The van der Waals surface area contributed by atoms with Gasteiger partial charge >= 0.3 is 5.92 Å². The van der Waals surface area contributed by atoms with Crippen LogP contribution < -0.4 is 5.73 Å². The first-order valence-electron chi connectivity index (χ1n) is 8.97. The van der Waals surface area contributed by atoms with E-state index in [-0.39, 0.29) is 17.3 Å². The Labute approximate surface area is 170 Å². The Hall–Kier alpha value is -3.40. The minimum absolute atomic E-state index is 0.156. The van der Waals surface area contributed by atoms with Crippen molar-refractivity contribution < 1.29 is 18.3 Å². The van der Waals surface area contributed by atoms with Gasteiger partial charge in [-0.1, -0.05) is 0 Å². The maximum Gasteiger partial charge on any atom is 0.329 e. The molecule has 7 nitrogen and oxygen atoms in total. The van der Waals surface area contributed by atoms with Gasteiger partial charge in [-0.25, -0.2) is 14.4 Å². The molecule has 0 spiro atoms. The van der Waals surface area contributed by atoms with Crippen LogP contribution in [0.4, 0.5) is 19.0 Å². The highest BCUT2D eigenvalue weighted by molar-refractivity contribution is 6.07. The predicted molar refractivity (Wildman–Crippen MR) is 107 cm³/mol. The number of aromatic nitrogens is 3. The van der Waals surface area contributed by atoms with E-state index in [0.29, 0.717) is 11.3 Å². The summed E-state index contributed by atoms with van der Waals surface area (Å²) >= 11 is 0. The van der Waals surface area contributed by atoms with Crippen molar-refractivity contribution >= 4 is 17.5 Å². The number of aliphatic imine (C=N–C) groups is 2. The molecule has 0 unspecified atom stereocenters. The quantitative estimate of drug-likeness (QED) is 0.374. The second kappa shape index (κ2) is 7.79. The Morgan fingerprint density at radius 3 is 2.33 bits per heavy atom. The van der Waals surface area contributed by atoms with Crippen molar-refractivity contribution in [1.82, 2.24) is 15.2 Å². The Morgan fingerprint density at radius 2 is 1.80 bits per heavy atom. The number of halogens is 3. The lowest BCUT2D eigenvalue weighted by molar-refractivity contribution is 0.0744. The molecule has 0 aliphatic rings. The summed E-state index contributed by atoms with van der Waals surface area (Å²) in [6.45, 7) is 4.91. The Morgan fingerprint density at radius 1 is 1.13 bits per heavy atom. The molecule has 158 valence electrons. The summed E-state index contributed by atoms with van der Waals surface area (Å²) in [6.07, 6.45) is 1.52. The third-order valence-electron chi connectivity index (χ3n) is 4.30. The first kappa shape index (κ1) is 21.3. The molecule has 0 radical (unpaired) electrons. The zero-order valence-electron chi connectivity index (χ0n) is 16.5. The van der Waals surface area contributed by atoms with Crippen molar-refractivity contribution in [2.75, 3.05) is 0 Å². The van der Waals surface area contributed by atoms with Gasteiger partial charge in [-0.3, -0.25) is 5.10 Å². The molecule has 3 aromatic rings. The third kappa shape index (κ3) is 4.60. The maximum absolute atomic E-state index is 14.8. The number of nitrogens with zero attached hydrogens (tertiary/aromatic N) is 3. The molecular weight excluding hydrogens is 397 g/mol. The van der Waals surface area contributed by atoms with E-state index in [0.717, 1.165) is 24.3 Å². The topological polar surface area (TPSA) is 115 Å². The summed E-state index contributed by atoms with van der Waals surface area (Å²) in [5.41, 5.74) is 5.44. The second-order valence-corrected chi connectivity index (χ2v) is 7.28. The van der Waals surface area contributed by atoms with Crippen molar-refractivity contribution in [3.05, 3.63) is 70.9 Å². The molecule has 2 aromatic heterocycles. The van der Waals surface area contributed by atoms with E-state index in [1.165, 1.54) is 12.3 Å².